The number of aliphatic hydroxyl groups is 1. The number of nitrogens with two attached hydrogens (primary N) is 1. The summed E-state index contributed by atoms with van der Waals surface area (Å²) in [6, 6.07) is 9.12. The van der Waals surface area contributed by atoms with Crippen LogP contribution in [0.25, 0.3) is 0 Å². The maximum atomic E-state index is 12.0. The number of carbonyl (C=O) groups excluding carboxylic acids is 1. The van der Waals surface area contributed by atoms with Crippen molar-refractivity contribution in [2.75, 3.05) is 18.2 Å². The second-order valence-corrected chi connectivity index (χ2v) is 5.51. The molecule has 0 bridgehead atoms. The van der Waals surface area contributed by atoms with Crippen LogP contribution in [0, 0.1) is 0 Å². The van der Waals surface area contributed by atoms with E-state index in [0.717, 1.165) is 11.3 Å². The number of hydrogen-bond acceptors (Lipinski definition) is 4. The van der Waals surface area contributed by atoms with Gasteiger partial charge < -0.3 is 15.7 Å². The molecule has 1 aromatic carbocycles. The molecule has 98 valence electrons. The molecule has 1 saturated heterocycles. The Morgan fingerprint density at radius 1 is 1.44 bits per heavy atom. The van der Waals surface area contributed by atoms with E-state index in [2.05, 4.69) is 0 Å². The van der Waals surface area contributed by atoms with Gasteiger partial charge in [0.2, 0.25) is 0 Å². The lowest BCUT2D eigenvalue weighted by atomic mass is 10.0. The fraction of sp³-hybridized carbons (Fsp3) is 0.462. The number of amides is 1. The zero-order valence-electron chi connectivity index (χ0n) is 10.2. The highest BCUT2D eigenvalue weighted by Crippen LogP contribution is 2.15. The number of thioether (sulfide) groups is 1. The Bertz CT molecular complexity index is 393. The first-order valence-electron chi connectivity index (χ1n) is 6.02. The summed E-state index contributed by atoms with van der Waals surface area (Å²) in [6.45, 7) is 0.707. The predicted molar refractivity (Wildman–Crippen MR) is 73.2 cm³/mol. The van der Waals surface area contributed by atoms with Gasteiger partial charge in [-0.05, 0) is 12.0 Å². The number of carbonyl (C=O) groups is 1. The van der Waals surface area contributed by atoms with Crippen LogP contribution in [0.3, 0.4) is 0 Å². The average molecular weight is 266 g/mol. The highest BCUT2D eigenvalue weighted by Gasteiger charge is 2.29. The van der Waals surface area contributed by atoms with Crippen molar-refractivity contribution in [3.63, 3.8) is 0 Å². The second kappa shape index (κ2) is 6.22. The van der Waals surface area contributed by atoms with E-state index >= 15 is 0 Å². The van der Waals surface area contributed by atoms with Crippen LogP contribution < -0.4 is 5.73 Å². The molecule has 0 unspecified atom stereocenters. The third-order valence-corrected chi connectivity index (χ3v) is 4.00. The molecule has 1 aliphatic rings. The normalized spacial score (nSPS) is 18.7. The van der Waals surface area contributed by atoms with Gasteiger partial charge in [-0.2, -0.15) is 0 Å². The standard InChI is InChI=1S/C13H18N2O2S/c14-11(8-10-4-2-1-3-5-10)12(16)13(17)15-6-7-18-9-15/h1-5,11-12,16H,6-9,14H2/t11-,12-/m0/s1. The Balaban J connectivity index is 1.91. The first-order chi connectivity index (χ1) is 8.68. The van der Waals surface area contributed by atoms with Gasteiger partial charge in [0.25, 0.3) is 5.91 Å². The highest BCUT2D eigenvalue weighted by molar-refractivity contribution is 7.99. The molecule has 1 amide bonds. The van der Waals surface area contributed by atoms with Crippen molar-refractivity contribution < 1.29 is 9.90 Å². The van der Waals surface area contributed by atoms with Crippen LogP contribution in [0.2, 0.25) is 0 Å². The van der Waals surface area contributed by atoms with Gasteiger partial charge >= 0.3 is 0 Å². The Hall–Kier alpha value is -1.04. The van der Waals surface area contributed by atoms with Gasteiger partial charge in [0.05, 0.1) is 5.88 Å². The molecule has 1 heterocycles. The van der Waals surface area contributed by atoms with Gasteiger partial charge in [0, 0.05) is 18.3 Å². The minimum absolute atomic E-state index is 0.247. The topological polar surface area (TPSA) is 66.6 Å². The third kappa shape index (κ3) is 3.25. The fourth-order valence-corrected chi connectivity index (χ4v) is 2.91. The van der Waals surface area contributed by atoms with Crippen LogP contribution >= 0.6 is 11.8 Å². The van der Waals surface area contributed by atoms with Crippen molar-refractivity contribution in [1.29, 1.82) is 0 Å². The van der Waals surface area contributed by atoms with Crippen molar-refractivity contribution in [1.82, 2.24) is 4.90 Å². The molecule has 3 N–H and O–H groups in total. The molecule has 0 spiro atoms. The smallest absolute Gasteiger partial charge is 0.253 e. The summed E-state index contributed by atoms with van der Waals surface area (Å²) in [4.78, 5) is 13.6. The molecule has 0 aliphatic carbocycles. The summed E-state index contributed by atoms with van der Waals surface area (Å²) in [7, 11) is 0. The highest BCUT2D eigenvalue weighted by atomic mass is 32.2. The largest absolute Gasteiger partial charge is 0.382 e. The van der Waals surface area contributed by atoms with E-state index in [9.17, 15) is 9.90 Å². The zero-order chi connectivity index (χ0) is 13.0. The van der Waals surface area contributed by atoms with Crippen molar-refractivity contribution in [3.8, 4) is 0 Å². The van der Waals surface area contributed by atoms with Crippen LogP contribution in [-0.4, -0.2) is 46.2 Å². The quantitative estimate of drug-likeness (QED) is 0.830. The van der Waals surface area contributed by atoms with Gasteiger partial charge in [-0.1, -0.05) is 30.3 Å². The average Bonchev–Trinajstić information content (AvgIpc) is 2.92. The maximum absolute atomic E-state index is 12.0. The fourth-order valence-electron chi connectivity index (χ4n) is 1.96. The predicted octanol–water partition coefficient (Wildman–Crippen LogP) is 0.450. The number of nitrogens with zero attached hydrogens (tertiary/aromatic N) is 1. The van der Waals surface area contributed by atoms with E-state index in [0.29, 0.717) is 18.8 Å². The summed E-state index contributed by atoms with van der Waals surface area (Å²) >= 11 is 1.70. The summed E-state index contributed by atoms with van der Waals surface area (Å²) in [6.07, 6.45) is -0.599. The van der Waals surface area contributed by atoms with Crippen molar-refractivity contribution in [2.45, 2.75) is 18.6 Å². The van der Waals surface area contributed by atoms with Gasteiger partial charge in [0.15, 0.2) is 0 Å². The van der Waals surface area contributed by atoms with Crippen LogP contribution in [0.1, 0.15) is 5.56 Å². The van der Waals surface area contributed by atoms with Crippen molar-refractivity contribution >= 4 is 17.7 Å². The molecule has 18 heavy (non-hydrogen) atoms. The number of aliphatic hydroxyl groups excluding tert-OH is 1. The van der Waals surface area contributed by atoms with Crippen LogP contribution in [0.15, 0.2) is 30.3 Å². The van der Waals surface area contributed by atoms with Gasteiger partial charge in [-0.3, -0.25) is 4.79 Å². The molecule has 0 saturated carbocycles. The zero-order valence-corrected chi connectivity index (χ0v) is 11.0. The van der Waals surface area contributed by atoms with Crippen LogP contribution in [0.5, 0.6) is 0 Å². The lowest BCUT2D eigenvalue weighted by Gasteiger charge is -2.23. The summed E-state index contributed by atoms with van der Waals surface area (Å²) < 4.78 is 0. The molecule has 2 atom stereocenters. The SMILES string of the molecule is N[C@@H](Cc1ccccc1)[C@H](O)C(=O)N1CCSC1. The lowest BCUT2D eigenvalue weighted by molar-refractivity contribution is -0.139. The van der Waals surface area contributed by atoms with E-state index in [-0.39, 0.29) is 5.91 Å². The minimum atomic E-state index is -1.11. The molecule has 5 heteroatoms. The Labute approximate surface area is 111 Å². The molecule has 1 fully saturated rings. The molecular formula is C13H18N2O2S. The summed E-state index contributed by atoms with van der Waals surface area (Å²) in [5, 5.41) is 9.98. The second-order valence-electron chi connectivity index (χ2n) is 4.44. The minimum Gasteiger partial charge on any atom is -0.382 e. The summed E-state index contributed by atoms with van der Waals surface area (Å²) in [5.41, 5.74) is 6.95. The van der Waals surface area contributed by atoms with E-state index < -0.39 is 12.1 Å². The number of hydrogen-bond donors (Lipinski definition) is 2. The Morgan fingerprint density at radius 2 is 2.17 bits per heavy atom. The molecule has 1 aliphatic heterocycles. The molecule has 4 nitrogen and oxygen atoms in total. The van der Waals surface area contributed by atoms with Gasteiger partial charge in [0.1, 0.15) is 6.10 Å². The number of rotatable bonds is 4. The first kappa shape index (κ1) is 13.4. The van der Waals surface area contributed by atoms with Crippen molar-refractivity contribution in [3.05, 3.63) is 35.9 Å². The summed E-state index contributed by atoms with van der Waals surface area (Å²) in [5.74, 6) is 1.35. The molecular weight excluding hydrogens is 248 g/mol. The van der Waals surface area contributed by atoms with Gasteiger partial charge in [-0.15, -0.1) is 11.8 Å². The Kier molecular flexibility index (Phi) is 4.63. The van der Waals surface area contributed by atoms with E-state index in [1.165, 1.54) is 0 Å². The molecule has 1 aromatic rings. The van der Waals surface area contributed by atoms with Crippen LogP contribution in [-0.2, 0) is 11.2 Å². The lowest BCUT2D eigenvalue weighted by Crippen LogP contribution is -2.48. The van der Waals surface area contributed by atoms with Crippen molar-refractivity contribution in [2.24, 2.45) is 5.73 Å². The van der Waals surface area contributed by atoms with Gasteiger partial charge in [-0.25, -0.2) is 0 Å². The van der Waals surface area contributed by atoms with E-state index in [1.54, 1.807) is 16.7 Å². The molecule has 0 radical (unpaired) electrons. The molecule has 2 rings (SSSR count). The maximum Gasteiger partial charge on any atom is 0.253 e. The van der Waals surface area contributed by atoms with E-state index in [4.69, 9.17) is 5.73 Å². The molecule has 0 aromatic heterocycles. The number of benzene rings is 1. The monoisotopic (exact) mass is 266 g/mol. The Morgan fingerprint density at radius 3 is 2.78 bits per heavy atom. The van der Waals surface area contributed by atoms with Crippen LogP contribution in [0.4, 0.5) is 0 Å². The first-order valence-corrected chi connectivity index (χ1v) is 7.18. The van der Waals surface area contributed by atoms with E-state index in [1.807, 2.05) is 30.3 Å². The third-order valence-electron chi connectivity index (χ3n) is 3.04.